The number of hydrogen-bond acceptors (Lipinski definition) is 4. The van der Waals surface area contributed by atoms with Crippen LogP contribution in [0.2, 0.25) is 0 Å². The molecule has 0 saturated heterocycles. The molecule has 0 heterocycles. The van der Waals surface area contributed by atoms with Crippen LogP contribution in [0, 0.1) is 11.3 Å². The molecule has 92 valence electrons. The highest BCUT2D eigenvalue weighted by Gasteiger charge is 2.59. The van der Waals surface area contributed by atoms with Crippen LogP contribution in [0.3, 0.4) is 0 Å². The molecule has 1 rings (SSSR count). The molecule has 1 aliphatic carbocycles. The highest BCUT2D eigenvalue weighted by Crippen LogP contribution is 2.50. The maximum Gasteiger partial charge on any atom is 0.309 e. The number of ether oxygens (including phenoxy) is 2. The van der Waals surface area contributed by atoms with E-state index in [0.29, 0.717) is 6.29 Å². The van der Waals surface area contributed by atoms with E-state index >= 15 is 0 Å². The Kier molecular flexibility index (Phi) is 3.62. The van der Waals surface area contributed by atoms with Crippen molar-refractivity contribution in [3.8, 4) is 0 Å². The zero-order valence-electron chi connectivity index (χ0n) is 9.16. The third kappa shape index (κ3) is 2.21. The topological polar surface area (TPSA) is 52.6 Å². The fourth-order valence-electron chi connectivity index (χ4n) is 2.22. The van der Waals surface area contributed by atoms with Crippen LogP contribution in [0.5, 0.6) is 0 Å². The van der Waals surface area contributed by atoms with E-state index in [-0.39, 0.29) is 6.61 Å². The molecule has 2 unspecified atom stereocenters. The Bertz CT molecular complexity index is 293. The number of halogens is 2. The van der Waals surface area contributed by atoms with Gasteiger partial charge in [0.25, 0.3) is 0 Å². The maximum atomic E-state index is 13.3. The molecule has 2 atom stereocenters. The van der Waals surface area contributed by atoms with Crippen molar-refractivity contribution in [2.24, 2.45) is 11.3 Å². The average Bonchev–Trinajstić information content (AvgIpc) is 2.50. The van der Waals surface area contributed by atoms with Gasteiger partial charge >= 0.3 is 5.97 Å². The predicted octanol–water partition coefficient (Wildman–Crippen LogP) is 1.04. The first kappa shape index (κ1) is 13.0. The summed E-state index contributed by atoms with van der Waals surface area (Å²) in [5, 5.41) is 0. The van der Waals surface area contributed by atoms with Crippen LogP contribution < -0.4 is 0 Å². The number of carbonyl (C=O) groups excluding carboxylic acids is 2. The van der Waals surface area contributed by atoms with Crippen LogP contribution in [-0.4, -0.2) is 39.0 Å². The summed E-state index contributed by atoms with van der Waals surface area (Å²) in [6.07, 6.45) is -0.947. The molecule has 1 saturated carbocycles. The lowest BCUT2D eigenvalue weighted by atomic mass is 9.80. The number of hydrogen-bond donors (Lipinski definition) is 0. The number of esters is 1. The standard InChI is InChI=1S/C10H14F2O4/c1-15-6-9(5-13)4-10(11,12)3-7(9)8(14)16-2/h5,7H,3-4,6H2,1-2H3. The smallest absolute Gasteiger partial charge is 0.309 e. The molecule has 0 amide bonds. The van der Waals surface area contributed by atoms with E-state index in [9.17, 15) is 18.4 Å². The lowest BCUT2D eigenvalue weighted by Gasteiger charge is -2.26. The van der Waals surface area contributed by atoms with Crippen LogP contribution in [0.25, 0.3) is 0 Å². The molecule has 16 heavy (non-hydrogen) atoms. The van der Waals surface area contributed by atoms with E-state index in [1.165, 1.54) is 7.11 Å². The van der Waals surface area contributed by atoms with Gasteiger partial charge in [-0.05, 0) is 0 Å². The van der Waals surface area contributed by atoms with Gasteiger partial charge < -0.3 is 14.3 Å². The van der Waals surface area contributed by atoms with Crippen molar-refractivity contribution < 1.29 is 27.8 Å². The molecule has 0 radical (unpaired) electrons. The van der Waals surface area contributed by atoms with Gasteiger partial charge in [-0.2, -0.15) is 0 Å². The van der Waals surface area contributed by atoms with E-state index in [1.807, 2.05) is 0 Å². The SMILES string of the molecule is COCC1(C=O)CC(F)(F)CC1C(=O)OC. The molecule has 0 bridgehead atoms. The summed E-state index contributed by atoms with van der Waals surface area (Å²) in [7, 11) is 2.41. The van der Waals surface area contributed by atoms with Gasteiger partial charge in [-0.3, -0.25) is 4.79 Å². The molecule has 0 aliphatic heterocycles. The molecule has 1 fully saturated rings. The first-order valence-corrected chi connectivity index (χ1v) is 4.82. The van der Waals surface area contributed by atoms with Crippen LogP contribution in [0.4, 0.5) is 8.78 Å². The molecule has 0 aromatic carbocycles. The number of rotatable bonds is 4. The number of carbonyl (C=O) groups is 2. The molecule has 0 aromatic rings. The van der Waals surface area contributed by atoms with E-state index in [0.717, 1.165) is 7.11 Å². The third-order valence-corrected chi connectivity index (χ3v) is 2.92. The quantitative estimate of drug-likeness (QED) is 0.540. The van der Waals surface area contributed by atoms with Crippen molar-refractivity contribution in [3.05, 3.63) is 0 Å². The van der Waals surface area contributed by atoms with Crippen molar-refractivity contribution in [2.45, 2.75) is 18.8 Å². The summed E-state index contributed by atoms with van der Waals surface area (Å²) < 4.78 is 35.8. The molecular weight excluding hydrogens is 222 g/mol. The normalized spacial score (nSPS) is 32.4. The molecule has 0 spiro atoms. The van der Waals surface area contributed by atoms with Gasteiger partial charge in [0.05, 0.1) is 25.0 Å². The Morgan fingerprint density at radius 2 is 2.12 bits per heavy atom. The first-order valence-electron chi connectivity index (χ1n) is 4.82. The maximum absolute atomic E-state index is 13.3. The minimum atomic E-state index is -3.03. The zero-order chi connectivity index (χ0) is 12.4. The van der Waals surface area contributed by atoms with Crippen LogP contribution >= 0.6 is 0 Å². The Morgan fingerprint density at radius 1 is 1.50 bits per heavy atom. The molecule has 6 heteroatoms. The molecule has 1 aliphatic rings. The van der Waals surface area contributed by atoms with Gasteiger partial charge in [-0.15, -0.1) is 0 Å². The monoisotopic (exact) mass is 236 g/mol. The lowest BCUT2D eigenvalue weighted by molar-refractivity contribution is -0.153. The minimum absolute atomic E-state index is 0.203. The van der Waals surface area contributed by atoms with Crippen molar-refractivity contribution in [2.75, 3.05) is 20.8 Å². The second-order valence-electron chi connectivity index (χ2n) is 4.10. The fourth-order valence-corrected chi connectivity index (χ4v) is 2.22. The Morgan fingerprint density at radius 3 is 2.56 bits per heavy atom. The average molecular weight is 236 g/mol. The van der Waals surface area contributed by atoms with Crippen molar-refractivity contribution >= 4 is 12.3 Å². The van der Waals surface area contributed by atoms with Gasteiger partial charge in [0.2, 0.25) is 5.92 Å². The molecule has 0 aromatic heterocycles. The number of aldehydes is 1. The van der Waals surface area contributed by atoms with Gasteiger partial charge in [0, 0.05) is 20.0 Å². The van der Waals surface area contributed by atoms with Gasteiger partial charge in [-0.1, -0.05) is 0 Å². The third-order valence-electron chi connectivity index (χ3n) is 2.92. The summed E-state index contributed by atoms with van der Waals surface area (Å²) in [6, 6.07) is 0. The Labute approximate surface area is 91.9 Å². The first-order chi connectivity index (χ1) is 7.40. The van der Waals surface area contributed by atoms with Crippen molar-refractivity contribution in [1.82, 2.24) is 0 Å². The molecule has 0 N–H and O–H groups in total. The Hall–Kier alpha value is -1.04. The highest BCUT2D eigenvalue weighted by atomic mass is 19.3. The minimum Gasteiger partial charge on any atom is -0.469 e. The van der Waals surface area contributed by atoms with Gasteiger partial charge in [-0.25, -0.2) is 8.78 Å². The van der Waals surface area contributed by atoms with Gasteiger partial charge in [0.15, 0.2) is 0 Å². The van der Waals surface area contributed by atoms with E-state index in [1.54, 1.807) is 0 Å². The van der Waals surface area contributed by atoms with Crippen LogP contribution in [0.1, 0.15) is 12.8 Å². The second-order valence-corrected chi connectivity index (χ2v) is 4.10. The van der Waals surface area contributed by atoms with Crippen molar-refractivity contribution in [3.63, 3.8) is 0 Å². The van der Waals surface area contributed by atoms with Crippen LogP contribution in [0.15, 0.2) is 0 Å². The highest BCUT2D eigenvalue weighted by molar-refractivity contribution is 5.80. The van der Waals surface area contributed by atoms with E-state index in [2.05, 4.69) is 4.74 Å². The summed E-state index contributed by atoms with van der Waals surface area (Å²) >= 11 is 0. The zero-order valence-corrected chi connectivity index (χ0v) is 9.16. The van der Waals surface area contributed by atoms with Crippen molar-refractivity contribution in [1.29, 1.82) is 0 Å². The molecule has 4 nitrogen and oxygen atoms in total. The van der Waals surface area contributed by atoms with Crippen LogP contribution in [-0.2, 0) is 19.1 Å². The summed E-state index contributed by atoms with van der Waals surface area (Å²) in [6.45, 7) is -0.203. The van der Waals surface area contributed by atoms with Gasteiger partial charge in [0.1, 0.15) is 6.29 Å². The molecular formula is C10H14F2O4. The summed E-state index contributed by atoms with van der Waals surface area (Å²) in [4.78, 5) is 22.4. The lowest BCUT2D eigenvalue weighted by Crippen LogP contribution is -2.37. The fraction of sp³-hybridized carbons (Fsp3) is 0.800. The summed E-state index contributed by atoms with van der Waals surface area (Å²) in [5.74, 6) is -4.95. The van der Waals surface area contributed by atoms with E-state index < -0.39 is 36.1 Å². The number of alkyl halides is 2. The predicted molar refractivity (Wildman–Crippen MR) is 50.1 cm³/mol. The summed E-state index contributed by atoms with van der Waals surface area (Å²) in [5.41, 5.74) is -1.47. The largest absolute Gasteiger partial charge is 0.469 e. The second kappa shape index (κ2) is 4.45. The number of methoxy groups -OCH3 is 2. The Balaban J connectivity index is 3.02. The van der Waals surface area contributed by atoms with E-state index in [4.69, 9.17) is 4.74 Å².